The van der Waals surface area contributed by atoms with Gasteiger partial charge in [0.25, 0.3) is 5.56 Å². The van der Waals surface area contributed by atoms with Crippen LogP contribution in [-0.2, 0) is 18.6 Å². The van der Waals surface area contributed by atoms with Crippen LogP contribution in [0.3, 0.4) is 0 Å². The van der Waals surface area contributed by atoms with E-state index in [1.807, 2.05) is 13.8 Å². The summed E-state index contributed by atoms with van der Waals surface area (Å²) in [6, 6.07) is 0. The van der Waals surface area contributed by atoms with Crippen molar-refractivity contribution in [3.05, 3.63) is 44.1 Å². The van der Waals surface area contributed by atoms with Crippen LogP contribution < -0.4 is 21.8 Å². The zero-order chi connectivity index (χ0) is 23.4. The van der Waals surface area contributed by atoms with Crippen molar-refractivity contribution in [1.82, 2.24) is 9.55 Å². The van der Waals surface area contributed by atoms with E-state index < -0.39 is 49.9 Å². The van der Waals surface area contributed by atoms with Crippen molar-refractivity contribution >= 4 is 21.0 Å². The molecular formula is C22H34N2O6Si. The van der Waals surface area contributed by atoms with Gasteiger partial charge in [-0.2, -0.15) is 0 Å². The maximum atomic E-state index is 12.8. The molecule has 1 N–H and O–H groups in total. The van der Waals surface area contributed by atoms with Crippen LogP contribution in [0.15, 0.2) is 22.2 Å². The number of aromatic nitrogens is 2. The fourth-order valence-corrected chi connectivity index (χ4v) is 4.67. The van der Waals surface area contributed by atoms with Gasteiger partial charge in [0.1, 0.15) is 18.3 Å². The van der Waals surface area contributed by atoms with Gasteiger partial charge in [0, 0.05) is 0 Å². The second-order valence-corrected chi connectivity index (χ2v) is 14.9. The zero-order valence-electron chi connectivity index (χ0n) is 19.5. The third kappa shape index (κ3) is 4.42. The van der Waals surface area contributed by atoms with Gasteiger partial charge in [0.2, 0.25) is 0 Å². The number of nitrogens with one attached hydrogen (secondary N) is 1. The normalized spacial score (nSPS) is 28.7. The number of rotatable bonds is 5. The predicted octanol–water partition coefficient (Wildman–Crippen LogP) is 1.35. The summed E-state index contributed by atoms with van der Waals surface area (Å²) in [6.45, 7) is 22.3. The maximum absolute atomic E-state index is 12.8. The Morgan fingerprint density at radius 3 is 2.42 bits per heavy atom. The Kier molecular flexibility index (Phi) is 6.14. The molecule has 3 heterocycles. The molecule has 0 bridgehead atoms. The third-order valence-electron chi connectivity index (χ3n) is 6.35. The standard InChI is InChI=1S/C22H34N2O6Si/c1-10-11-14-13(2)18(25)23-20(26)24(14)19-17-16(29-22(6,7)30-17)15(28-19)12-27-31(8,9)21(3,4)5/h10-11,15-17,19H,1-2,12H2,3-9H3,(H,23,25,26)/b14-11+/t15-,16-,17-,19-/m1/s1. The van der Waals surface area contributed by atoms with Crippen LogP contribution in [0, 0.1) is 0 Å². The molecule has 172 valence electrons. The number of aromatic amines is 1. The highest BCUT2D eigenvalue weighted by Gasteiger charge is 2.56. The first-order valence-electron chi connectivity index (χ1n) is 10.5. The van der Waals surface area contributed by atoms with Crippen LogP contribution >= 0.6 is 0 Å². The van der Waals surface area contributed by atoms with Gasteiger partial charge in [-0.3, -0.25) is 14.3 Å². The van der Waals surface area contributed by atoms with Crippen LogP contribution in [0.1, 0.15) is 40.8 Å². The van der Waals surface area contributed by atoms with Gasteiger partial charge in [-0.1, -0.05) is 40.0 Å². The lowest BCUT2D eigenvalue weighted by atomic mass is 10.1. The highest BCUT2D eigenvalue weighted by molar-refractivity contribution is 6.74. The van der Waals surface area contributed by atoms with Crippen LogP contribution in [0.2, 0.25) is 18.1 Å². The molecule has 2 saturated heterocycles. The van der Waals surface area contributed by atoms with E-state index in [0.29, 0.717) is 12.0 Å². The monoisotopic (exact) mass is 450 g/mol. The summed E-state index contributed by atoms with van der Waals surface area (Å²) in [5, 5.41) is 0.520. The number of H-pyrrole nitrogens is 1. The molecule has 0 aliphatic carbocycles. The Morgan fingerprint density at radius 1 is 1.23 bits per heavy atom. The molecule has 1 aromatic rings. The molecule has 31 heavy (non-hydrogen) atoms. The molecule has 0 saturated carbocycles. The maximum Gasteiger partial charge on any atom is 0.331 e. The minimum Gasteiger partial charge on any atom is -0.414 e. The average Bonchev–Trinajstić information content (AvgIpc) is 3.10. The van der Waals surface area contributed by atoms with E-state index in [4.69, 9.17) is 18.6 Å². The van der Waals surface area contributed by atoms with Gasteiger partial charge < -0.3 is 18.6 Å². The van der Waals surface area contributed by atoms with Crippen LogP contribution in [0.5, 0.6) is 0 Å². The van der Waals surface area contributed by atoms with Crippen molar-refractivity contribution in [2.24, 2.45) is 0 Å². The van der Waals surface area contributed by atoms with Gasteiger partial charge in [-0.05, 0) is 38.1 Å². The molecule has 2 fully saturated rings. The van der Waals surface area contributed by atoms with E-state index in [1.165, 1.54) is 10.6 Å². The van der Waals surface area contributed by atoms with Crippen molar-refractivity contribution in [1.29, 1.82) is 0 Å². The molecular weight excluding hydrogens is 416 g/mol. The highest BCUT2D eigenvalue weighted by atomic mass is 28.4. The number of fused-ring (bicyclic) bond motifs is 1. The zero-order valence-corrected chi connectivity index (χ0v) is 20.5. The first kappa shape index (κ1) is 23.9. The molecule has 2 aliphatic heterocycles. The summed E-state index contributed by atoms with van der Waals surface area (Å²) in [6.07, 6.45) is 0.847. The smallest absolute Gasteiger partial charge is 0.331 e. The summed E-state index contributed by atoms with van der Waals surface area (Å²) in [7, 11) is -2.03. The van der Waals surface area contributed by atoms with Crippen molar-refractivity contribution in [2.45, 2.75) is 83.1 Å². The molecule has 3 rings (SSSR count). The van der Waals surface area contributed by atoms with E-state index in [9.17, 15) is 9.59 Å². The molecule has 2 aliphatic rings. The minimum absolute atomic E-state index is 0.0431. The van der Waals surface area contributed by atoms with E-state index in [0.717, 1.165) is 0 Å². The molecule has 0 amide bonds. The average molecular weight is 451 g/mol. The van der Waals surface area contributed by atoms with Gasteiger partial charge in [-0.25, -0.2) is 4.79 Å². The summed E-state index contributed by atoms with van der Waals surface area (Å²) in [5.74, 6) is -0.839. The number of nitrogens with zero attached hydrogens (tertiary/aromatic N) is 1. The molecule has 9 heteroatoms. The summed E-state index contributed by atoms with van der Waals surface area (Å²) in [5.41, 5.74) is -1.15. The highest BCUT2D eigenvalue weighted by Crippen LogP contribution is 2.43. The lowest BCUT2D eigenvalue weighted by molar-refractivity contribution is -0.200. The Hall–Kier alpha value is -1.78. The molecule has 1 aromatic heterocycles. The van der Waals surface area contributed by atoms with Gasteiger partial charge >= 0.3 is 5.69 Å². The van der Waals surface area contributed by atoms with E-state index in [1.54, 1.807) is 6.08 Å². The van der Waals surface area contributed by atoms with Crippen LogP contribution in [0.25, 0.3) is 12.7 Å². The number of hydrogen-bond donors (Lipinski definition) is 1. The molecule has 0 unspecified atom stereocenters. The number of hydrogen-bond acceptors (Lipinski definition) is 6. The lowest BCUT2D eigenvalue weighted by Crippen LogP contribution is -2.55. The molecule has 0 aromatic carbocycles. The first-order valence-corrected chi connectivity index (χ1v) is 13.4. The second-order valence-electron chi connectivity index (χ2n) is 10.1. The van der Waals surface area contributed by atoms with E-state index >= 15 is 0 Å². The Morgan fingerprint density at radius 2 is 1.84 bits per heavy atom. The number of allylic oxidation sites excluding steroid dienone is 1. The van der Waals surface area contributed by atoms with E-state index in [2.05, 4.69) is 52.0 Å². The third-order valence-corrected chi connectivity index (χ3v) is 10.9. The molecule has 8 nitrogen and oxygen atoms in total. The fraction of sp³-hybridized carbons (Fsp3) is 0.636. The Balaban J connectivity index is 2.03. The quantitative estimate of drug-likeness (QED) is 0.681. The topological polar surface area (TPSA) is 91.8 Å². The Labute approximate surface area is 183 Å². The minimum atomic E-state index is -2.03. The van der Waals surface area contributed by atoms with Gasteiger partial charge in [-0.15, -0.1) is 0 Å². The second kappa shape index (κ2) is 7.97. The Bertz CT molecular complexity index is 1080. The van der Waals surface area contributed by atoms with Gasteiger partial charge in [0.05, 0.1) is 17.2 Å². The lowest BCUT2D eigenvalue weighted by Gasteiger charge is -2.37. The SMILES string of the molecule is C=C/C=c1\c(=C)c(=O)[nH]c(=O)n1[C@@H]1O[C@H](CO[Si](C)(C)C(C)(C)C)[C@H]2OC(C)(C)O[C@H]21. The van der Waals surface area contributed by atoms with E-state index in [-0.39, 0.29) is 10.3 Å². The first-order chi connectivity index (χ1) is 14.2. The number of ether oxygens (including phenoxy) is 3. The van der Waals surface area contributed by atoms with Crippen molar-refractivity contribution < 1.29 is 18.6 Å². The van der Waals surface area contributed by atoms with Crippen molar-refractivity contribution in [2.75, 3.05) is 6.61 Å². The van der Waals surface area contributed by atoms with Gasteiger partial charge in [0.15, 0.2) is 20.3 Å². The van der Waals surface area contributed by atoms with Crippen LogP contribution in [0.4, 0.5) is 0 Å². The summed E-state index contributed by atoms with van der Waals surface area (Å²) in [4.78, 5) is 27.2. The summed E-state index contributed by atoms with van der Waals surface area (Å²) >= 11 is 0. The summed E-state index contributed by atoms with van der Waals surface area (Å²) < 4.78 is 26.3. The van der Waals surface area contributed by atoms with Crippen molar-refractivity contribution in [3.63, 3.8) is 0 Å². The van der Waals surface area contributed by atoms with Crippen molar-refractivity contribution in [3.8, 4) is 0 Å². The molecule has 0 spiro atoms. The largest absolute Gasteiger partial charge is 0.414 e. The van der Waals surface area contributed by atoms with Crippen LogP contribution in [-0.4, -0.2) is 48.6 Å². The molecule has 0 radical (unpaired) electrons. The fourth-order valence-electron chi connectivity index (χ4n) is 3.66. The predicted molar refractivity (Wildman–Crippen MR) is 122 cm³/mol. The molecule has 4 atom stereocenters.